The SMILES string of the molecule is O=C(O[C@H]1[C@@H](O)[C@H](n2cnc3c(NCC(c4ccccc4)c4ccccc4)nc(N4C[C@H](CO)[C@@H](Cc5ccccc5)C4)nc32)O[C@@H]1CO)C(F)(F)F. The Balaban J connectivity index is 1.25. The number of esters is 1. The fourth-order valence-electron chi connectivity index (χ4n) is 7.24. The first-order chi connectivity index (χ1) is 25.6. The molecule has 12 nitrogen and oxygen atoms in total. The van der Waals surface area contributed by atoms with Gasteiger partial charge in [0.2, 0.25) is 5.95 Å². The normalized spacial score (nSPS) is 23.2. The molecule has 4 heterocycles. The molecule has 3 aromatic carbocycles. The van der Waals surface area contributed by atoms with E-state index in [1.807, 2.05) is 95.9 Å². The summed E-state index contributed by atoms with van der Waals surface area (Å²) in [6, 6.07) is 29.9. The van der Waals surface area contributed by atoms with Crippen molar-refractivity contribution < 1.29 is 42.8 Å². The van der Waals surface area contributed by atoms with Crippen molar-refractivity contribution >= 4 is 28.9 Å². The number of hydrogen-bond donors (Lipinski definition) is 4. The lowest BCUT2D eigenvalue weighted by Gasteiger charge is -2.22. The molecule has 6 atom stereocenters. The highest BCUT2D eigenvalue weighted by Gasteiger charge is 2.51. The van der Waals surface area contributed by atoms with Crippen LogP contribution in [-0.2, 0) is 20.7 Å². The molecule has 0 amide bonds. The highest BCUT2D eigenvalue weighted by molar-refractivity contribution is 5.84. The molecule has 278 valence electrons. The number of carbonyl (C=O) groups excluding carboxylic acids is 1. The summed E-state index contributed by atoms with van der Waals surface area (Å²) in [6.07, 6.45) is -9.79. The Morgan fingerprint density at radius 1 is 0.906 bits per heavy atom. The first-order valence-corrected chi connectivity index (χ1v) is 17.3. The van der Waals surface area contributed by atoms with Gasteiger partial charge < -0.3 is 35.0 Å². The topological polar surface area (TPSA) is 155 Å². The fourth-order valence-corrected chi connectivity index (χ4v) is 7.24. The maximum absolute atomic E-state index is 13.1. The summed E-state index contributed by atoms with van der Waals surface area (Å²) in [6.45, 7) is 0.502. The summed E-state index contributed by atoms with van der Waals surface area (Å²) in [4.78, 5) is 28.0. The Labute approximate surface area is 302 Å². The number of halogens is 3. The summed E-state index contributed by atoms with van der Waals surface area (Å²) in [5.41, 5.74) is 3.74. The third kappa shape index (κ3) is 7.69. The lowest BCUT2D eigenvalue weighted by atomic mass is 9.90. The second-order valence-electron chi connectivity index (χ2n) is 13.4. The van der Waals surface area contributed by atoms with Gasteiger partial charge in [-0.3, -0.25) is 4.57 Å². The number of aromatic nitrogens is 4. The zero-order valence-corrected chi connectivity index (χ0v) is 28.5. The number of alkyl halides is 3. The molecule has 0 saturated carbocycles. The second kappa shape index (κ2) is 15.5. The van der Waals surface area contributed by atoms with Crippen LogP contribution in [0.15, 0.2) is 97.3 Å². The van der Waals surface area contributed by atoms with E-state index in [4.69, 9.17) is 14.7 Å². The largest absolute Gasteiger partial charge is 0.490 e. The molecule has 5 aromatic rings. The Hall–Kier alpha value is -5.09. The van der Waals surface area contributed by atoms with Gasteiger partial charge in [-0.05, 0) is 29.0 Å². The Morgan fingerprint density at radius 2 is 1.53 bits per heavy atom. The molecule has 4 N–H and O–H groups in total. The lowest BCUT2D eigenvalue weighted by molar-refractivity contribution is -0.210. The van der Waals surface area contributed by atoms with E-state index in [0.717, 1.165) is 23.1 Å². The first-order valence-electron chi connectivity index (χ1n) is 17.3. The summed E-state index contributed by atoms with van der Waals surface area (Å²) >= 11 is 0. The molecular formula is C38H39F3N6O6. The molecule has 0 aliphatic carbocycles. The first kappa shape index (κ1) is 36.3. The standard InChI is InChI=1S/C38H39F3N6O6/c39-38(40,41)36(51)53-32-29(21-49)52-35(31(32)50)47-22-43-30-33(42-17-28(24-12-6-2-7-13-24)25-14-8-3-9-15-25)44-37(45-34(30)47)46-18-26(27(19-46)20-48)16-23-10-4-1-5-11-23/h1-15,22,26-29,31-32,35,48-50H,16-21H2,(H,42,44,45)/t26-,27+,29+,31+,32+,35+/m0/s1. The van der Waals surface area contributed by atoms with Crippen LogP contribution >= 0.6 is 0 Å². The zero-order chi connectivity index (χ0) is 37.1. The smallest absolute Gasteiger partial charge is 0.450 e. The van der Waals surface area contributed by atoms with E-state index in [1.54, 1.807) is 0 Å². The molecule has 2 fully saturated rings. The Morgan fingerprint density at radius 3 is 2.13 bits per heavy atom. The van der Waals surface area contributed by atoms with Crippen molar-refractivity contribution in [1.82, 2.24) is 19.5 Å². The molecule has 0 spiro atoms. The molecule has 0 unspecified atom stereocenters. The molecule has 2 aliphatic rings. The Bertz CT molecular complexity index is 1950. The van der Waals surface area contributed by atoms with Crippen LogP contribution in [0, 0.1) is 11.8 Å². The van der Waals surface area contributed by atoms with Gasteiger partial charge in [0.25, 0.3) is 0 Å². The minimum Gasteiger partial charge on any atom is -0.450 e. The number of ether oxygens (including phenoxy) is 2. The van der Waals surface area contributed by atoms with E-state index in [2.05, 4.69) is 15.0 Å². The maximum atomic E-state index is 13.1. The van der Waals surface area contributed by atoms with Crippen LogP contribution in [0.1, 0.15) is 28.8 Å². The number of nitrogens with one attached hydrogen (secondary N) is 1. The van der Waals surface area contributed by atoms with Gasteiger partial charge in [-0.15, -0.1) is 0 Å². The molecule has 2 aliphatic heterocycles. The second-order valence-corrected chi connectivity index (χ2v) is 13.4. The number of benzene rings is 3. The van der Waals surface area contributed by atoms with Crippen LogP contribution in [0.25, 0.3) is 11.2 Å². The highest BCUT2D eigenvalue weighted by Crippen LogP contribution is 2.37. The predicted octanol–water partition coefficient (Wildman–Crippen LogP) is 4.08. The number of anilines is 2. The van der Waals surface area contributed by atoms with Gasteiger partial charge in [-0.25, -0.2) is 9.78 Å². The number of aliphatic hydroxyl groups is 3. The van der Waals surface area contributed by atoms with Crippen LogP contribution < -0.4 is 10.2 Å². The molecule has 53 heavy (non-hydrogen) atoms. The molecule has 0 bridgehead atoms. The fraction of sp³-hybridized carbons (Fsp3) is 0.368. The van der Waals surface area contributed by atoms with Crippen molar-refractivity contribution in [2.75, 3.05) is 43.1 Å². The number of nitrogens with zero attached hydrogens (tertiary/aromatic N) is 5. The number of rotatable bonds is 12. The lowest BCUT2D eigenvalue weighted by Crippen LogP contribution is -2.41. The van der Waals surface area contributed by atoms with Crippen LogP contribution in [0.5, 0.6) is 0 Å². The van der Waals surface area contributed by atoms with Gasteiger partial charge in [0.05, 0.1) is 12.9 Å². The summed E-state index contributed by atoms with van der Waals surface area (Å²) in [5, 5.41) is 35.0. The minimum absolute atomic E-state index is 0.0438. The molecule has 2 saturated heterocycles. The summed E-state index contributed by atoms with van der Waals surface area (Å²) in [5.74, 6) is -1.94. The van der Waals surface area contributed by atoms with Crippen molar-refractivity contribution in [3.05, 3.63) is 114 Å². The average molecular weight is 733 g/mol. The van der Waals surface area contributed by atoms with E-state index in [1.165, 1.54) is 10.9 Å². The van der Waals surface area contributed by atoms with Gasteiger partial charge in [-0.1, -0.05) is 91.0 Å². The monoisotopic (exact) mass is 732 g/mol. The van der Waals surface area contributed by atoms with Crippen LogP contribution in [0.4, 0.5) is 24.9 Å². The van der Waals surface area contributed by atoms with Gasteiger partial charge >= 0.3 is 12.1 Å². The van der Waals surface area contributed by atoms with E-state index in [9.17, 15) is 33.3 Å². The summed E-state index contributed by atoms with van der Waals surface area (Å²) in [7, 11) is 0. The van der Waals surface area contributed by atoms with E-state index in [0.29, 0.717) is 36.9 Å². The van der Waals surface area contributed by atoms with Crippen molar-refractivity contribution in [3.8, 4) is 0 Å². The number of carbonyl (C=O) groups is 1. The predicted molar refractivity (Wildman–Crippen MR) is 188 cm³/mol. The van der Waals surface area contributed by atoms with Crippen LogP contribution in [-0.4, -0.2) is 98.1 Å². The third-order valence-corrected chi connectivity index (χ3v) is 9.96. The number of hydrogen-bond acceptors (Lipinski definition) is 11. The van der Waals surface area contributed by atoms with Crippen LogP contribution in [0.3, 0.4) is 0 Å². The molecule has 15 heteroatoms. The highest BCUT2D eigenvalue weighted by atomic mass is 19.4. The number of aliphatic hydroxyl groups excluding tert-OH is 3. The van der Waals surface area contributed by atoms with Crippen molar-refractivity contribution in [1.29, 1.82) is 0 Å². The number of imidazole rings is 1. The van der Waals surface area contributed by atoms with Gasteiger partial charge in [0, 0.05) is 38.1 Å². The van der Waals surface area contributed by atoms with Crippen molar-refractivity contribution in [2.24, 2.45) is 11.8 Å². The van der Waals surface area contributed by atoms with Crippen molar-refractivity contribution in [2.45, 2.75) is 43.1 Å². The van der Waals surface area contributed by atoms with E-state index >= 15 is 0 Å². The molecule has 2 aromatic heterocycles. The van der Waals surface area contributed by atoms with Crippen molar-refractivity contribution in [3.63, 3.8) is 0 Å². The van der Waals surface area contributed by atoms with Gasteiger partial charge in [-0.2, -0.15) is 23.1 Å². The van der Waals surface area contributed by atoms with E-state index in [-0.39, 0.29) is 30.0 Å². The number of fused-ring (bicyclic) bond motifs is 1. The Kier molecular flexibility index (Phi) is 10.6. The quantitative estimate of drug-likeness (QED) is 0.137. The molecule has 0 radical (unpaired) electrons. The molecular weight excluding hydrogens is 693 g/mol. The maximum Gasteiger partial charge on any atom is 0.490 e. The third-order valence-electron chi connectivity index (χ3n) is 9.96. The molecule has 7 rings (SSSR count). The van der Waals surface area contributed by atoms with Crippen LogP contribution in [0.2, 0.25) is 0 Å². The van der Waals surface area contributed by atoms with Gasteiger partial charge in [0.15, 0.2) is 29.3 Å². The minimum atomic E-state index is -5.32. The average Bonchev–Trinajstić information content (AvgIpc) is 3.87. The summed E-state index contributed by atoms with van der Waals surface area (Å²) < 4.78 is 51.0. The van der Waals surface area contributed by atoms with Gasteiger partial charge in [0.1, 0.15) is 12.2 Å². The van der Waals surface area contributed by atoms with E-state index < -0.39 is 43.3 Å². The zero-order valence-electron chi connectivity index (χ0n) is 28.5.